The van der Waals surface area contributed by atoms with Crippen molar-refractivity contribution in [1.82, 2.24) is 14.8 Å². The van der Waals surface area contributed by atoms with Crippen LogP contribution in [0.15, 0.2) is 41.3 Å². The van der Waals surface area contributed by atoms with Crippen molar-refractivity contribution >= 4 is 11.9 Å². The smallest absolute Gasteiger partial charge is 0.416 e. The first-order valence-corrected chi connectivity index (χ1v) is 16.7. The summed E-state index contributed by atoms with van der Waals surface area (Å²) >= 11 is 0. The number of carbonyl (C=O) groups is 2. The number of amides is 1. The van der Waals surface area contributed by atoms with Gasteiger partial charge in [0.05, 0.1) is 30.7 Å². The van der Waals surface area contributed by atoms with E-state index in [9.17, 15) is 37.1 Å². The molecule has 0 aliphatic carbocycles. The van der Waals surface area contributed by atoms with Gasteiger partial charge in [0.1, 0.15) is 17.7 Å². The first-order valence-electron chi connectivity index (χ1n) is 16.7. The van der Waals surface area contributed by atoms with Crippen LogP contribution in [0.4, 0.5) is 22.0 Å². The molecule has 3 heterocycles. The van der Waals surface area contributed by atoms with Crippen molar-refractivity contribution in [3.05, 3.63) is 91.9 Å². The number of ether oxygens (including phenoxy) is 1. The molecule has 5 rings (SSSR count). The fourth-order valence-corrected chi connectivity index (χ4v) is 7.35. The first-order chi connectivity index (χ1) is 23.4. The number of rotatable bonds is 12. The zero-order chi connectivity index (χ0) is 36.7. The van der Waals surface area contributed by atoms with Crippen LogP contribution in [0, 0.1) is 38.3 Å². The SMILES string of the molecule is Cc1cc(-c2c(C)cc(F)cc2C)cc([C@H](CC(=O)O)NC(=O)[C@H](CC(C)C)n2cc(CCN3C[C@H]4C[C@@H]3CO4)c(C(F)(F)F)cc2=O)c1F. The molecular weight excluding hydrogens is 661 g/mol. The third-order valence-electron chi connectivity index (χ3n) is 9.62. The molecule has 2 aliphatic rings. The second kappa shape index (κ2) is 14.6. The van der Waals surface area contributed by atoms with Gasteiger partial charge in [-0.25, -0.2) is 8.78 Å². The number of morpholine rings is 1. The van der Waals surface area contributed by atoms with Crippen LogP contribution in [0.2, 0.25) is 0 Å². The molecule has 0 spiro atoms. The Bertz CT molecular complexity index is 1820. The van der Waals surface area contributed by atoms with Gasteiger partial charge in [-0.05, 0) is 104 Å². The molecule has 2 aliphatic heterocycles. The van der Waals surface area contributed by atoms with E-state index in [0.717, 1.165) is 17.2 Å². The molecule has 8 nitrogen and oxygen atoms in total. The van der Waals surface area contributed by atoms with Gasteiger partial charge in [-0.2, -0.15) is 13.2 Å². The molecule has 13 heteroatoms. The highest BCUT2D eigenvalue weighted by atomic mass is 19.4. The predicted octanol–water partition coefficient (Wildman–Crippen LogP) is 6.67. The number of halogens is 5. The fourth-order valence-electron chi connectivity index (χ4n) is 7.35. The number of alkyl halides is 3. The van der Waals surface area contributed by atoms with Gasteiger partial charge in [-0.15, -0.1) is 0 Å². The van der Waals surface area contributed by atoms with Crippen LogP contribution in [0.25, 0.3) is 11.1 Å². The zero-order valence-electron chi connectivity index (χ0n) is 28.7. The minimum Gasteiger partial charge on any atom is -0.481 e. The van der Waals surface area contributed by atoms with Gasteiger partial charge in [0.2, 0.25) is 5.91 Å². The number of hydrogen-bond acceptors (Lipinski definition) is 5. The summed E-state index contributed by atoms with van der Waals surface area (Å²) in [6.07, 6.45) is -3.60. The summed E-state index contributed by atoms with van der Waals surface area (Å²) in [5, 5.41) is 12.4. The van der Waals surface area contributed by atoms with Crippen LogP contribution in [-0.4, -0.2) is 58.3 Å². The van der Waals surface area contributed by atoms with Crippen molar-refractivity contribution in [1.29, 1.82) is 0 Å². The highest BCUT2D eigenvalue weighted by molar-refractivity contribution is 5.82. The number of nitrogens with zero attached hydrogens (tertiary/aromatic N) is 2. The third kappa shape index (κ3) is 8.10. The molecule has 2 aromatic carbocycles. The normalized spacial score (nSPS) is 18.9. The van der Waals surface area contributed by atoms with Crippen molar-refractivity contribution in [3.8, 4) is 11.1 Å². The van der Waals surface area contributed by atoms with Gasteiger partial charge in [0.15, 0.2) is 0 Å². The topological polar surface area (TPSA) is 101 Å². The highest BCUT2D eigenvalue weighted by Crippen LogP contribution is 2.36. The molecule has 4 atom stereocenters. The number of carboxylic acid groups (broad SMARTS) is 1. The van der Waals surface area contributed by atoms with E-state index in [2.05, 4.69) is 10.2 Å². The molecule has 0 unspecified atom stereocenters. The second-order valence-corrected chi connectivity index (χ2v) is 14.0. The lowest BCUT2D eigenvalue weighted by atomic mass is 9.90. The second-order valence-electron chi connectivity index (χ2n) is 14.0. The molecule has 1 amide bonds. The number of likely N-dealkylation sites (tertiary alicyclic amines) is 1. The van der Waals surface area contributed by atoms with Gasteiger partial charge < -0.3 is 19.7 Å². The summed E-state index contributed by atoms with van der Waals surface area (Å²) in [4.78, 5) is 41.5. The van der Waals surface area contributed by atoms with Crippen molar-refractivity contribution < 1.29 is 41.4 Å². The first kappa shape index (κ1) is 37.2. The monoisotopic (exact) mass is 703 g/mol. The summed E-state index contributed by atoms with van der Waals surface area (Å²) < 4.78 is 79.0. The minimum absolute atomic E-state index is 0.0269. The summed E-state index contributed by atoms with van der Waals surface area (Å²) in [6, 6.07) is 3.50. The van der Waals surface area contributed by atoms with Crippen molar-refractivity contribution in [2.24, 2.45) is 5.92 Å². The van der Waals surface area contributed by atoms with E-state index < -0.39 is 59.3 Å². The van der Waals surface area contributed by atoms with Crippen LogP contribution >= 0.6 is 0 Å². The lowest BCUT2D eigenvalue weighted by Crippen LogP contribution is -2.41. The van der Waals surface area contributed by atoms with E-state index in [1.165, 1.54) is 25.1 Å². The lowest BCUT2D eigenvalue weighted by molar-refractivity contribution is -0.139. The fraction of sp³-hybridized carbons (Fsp3) is 0.486. The maximum atomic E-state index is 15.8. The summed E-state index contributed by atoms with van der Waals surface area (Å²) in [5.74, 6) is -3.61. The van der Waals surface area contributed by atoms with Crippen molar-refractivity contribution in [3.63, 3.8) is 0 Å². The Hall–Kier alpha value is -4.10. The van der Waals surface area contributed by atoms with Crippen LogP contribution in [-0.2, 0) is 26.9 Å². The molecule has 2 N–H and O–H groups in total. The average Bonchev–Trinajstić information content (AvgIpc) is 3.63. The molecular formula is C37H42F5N3O5. The van der Waals surface area contributed by atoms with Gasteiger partial charge >= 0.3 is 12.1 Å². The number of pyridine rings is 1. The molecule has 2 saturated heterocycles. The zero-order valence-corrected chi connectivity index (χ0v) is 28.7. The van der Waals surface area contributed by atoms with E-state index in [4.69, 9.17) is 4.74 Å². The van der Waals surface area contributed by atoms with E-state index >= 15 is 4.39 Å². The number of carbonyl (C=O) groups excluding carboxylic acids is 1. The maximum Gasteiger partial charge on any atom is 0.416 e. The van der Waals surface area contributed by atoms with Gasteiger partial charge in [0, 0.05) is 37.0 Å². The van der Waals surface area contributed by atoms with Crippen LogP contribution in [0.5, 0.6) is 0 Å². The largest absolute Gasteiger partial charge is 0.481 e. The van der Waals surface area contributed by atoms with E-state index in [-0.39, 0.29) is 47.6 Å². The number of aryl methyl sites for hydroxylation is 3. The Morgan fingerprint density at radius 1 is 1.04 bits per heavy atom. The highest BCUT2D eigenvalue weighted by Gasteiger charge is 2.40. The molecule has 3 aromatic rings. The Morgan fingerprint density at radius 2 is 1.72 bits per heavy atom. The number of carboxylic acids is 1. The number of nitrogens with one attached hydrogen (secondary N) is 1. The average molecular weight is 704 g/mol. The Balaban J connectivity index is 1.52. The molecule has 2 fully saturated rings. The Morgan fingerprint density at radius 3 is 2.28 bits per heavy atom. The molecule has 0 saturated carbocycles. The summed E-state index contributed by atoms with van der Waals surface area (Å²) in [6.45, 7) is 9.83. The summed E-state index contributed by atoms with van der Waals surface area (Å²) in [7, 11) is 0. The van der Waals surface area contributed by atoms with Crippen LogP contribution in [0.1, 0.15) is 78.6 Å². The number of fused-ring (bicyclic) bond motifs is 2. The number of benzene rings is 2. The van der Waals surface area contributed by atoms with E-state index in [1.807, 2.05) is 0 Å². The number of aliphatic carboxylic acids is 1. The number of hydrogen-bond donors (Lipinski definition) is 2. The lowest BCUT2D eigenvalue weighted by Gasteiger charge is -2.28. The van der Waals surface area contributed by atoms with E-state index in [1.54, 1.807) is 33.8 Å². The molecule has 50 heavy (non-hydrogen) atoms. The van der Waals surface area contributed by atoms with Gasteiger partial charge in [0.25, 0.3) is 5.56 Å². The van der Waals surface area contributed by atoms with E-state index in [0.29, 0.717) is 48.0 Å². The number of aromatic nitrogens is 1. The van der Waals surface area contributed by atoms with Crippen LogP contribution < -0.4 is 10.9 Å². The Labute approximate surface area is 287 Å². The van der Waals surface area contributed by atoms with Gasteiger partial charge in [-0.1, -0.05) is 13.8 Å². The Kier molecular flexibility index (Phi) is 10.9. The molecule has 1 aromatic heterocycles. The molecule has 2 bridgehead atoms. The maximum absolute atomic E-state index is 15.8. The third-order valence-corrected chi connectivity index (χ3v) is 9.62. The summed E-state index contributed by atoms with van der Waals surface area (Å²) in [5.41, 5.74) is -0.00728. The quantitative estimate of drug-likeness (QED) is 0.205. The molecule has 270 valence electrons. The molecule has 0 radical (unpaired) electrons. The van der Waals surface area contributed by atoms with Crippen molar-refractivity contribution in [2.75, 3.05) is 19.7 Å². The van der Waals surface area contributed by atoms with Gasteiger partial charge in [-0.3, -0.25) is 19.3 Å². The van der Waals surface area contributed by atoms with Crippen LogP contribution in [0.3, 0.4) is 0 Å². The van der Waals surface area contributed by atoms with Crippen molar-refractivity contribution in [2.45, 2.75) is 90.7 Å². The minimum atomic E-state index is -4.81. The predicted molar refractivity (Wildman–Crippen MR) is 177 cm³/mol. The standard InChI is InChI=1S/C37H42F5N3O5/c1-19(2)8-31(45-16-23(29(14-32(45)46)37(40,41)42)6-7-44-17-27-13-26(44)18-50-27)36(49)43-30(15-33(47)48)28-12-24(9-22(5)35(28)39)34-20(3)10-25(38)11-21(34)4/h9-12,14,16,19,26-27,30-31H,6-8,13,15,17-18H2,1-5H3,(H,43,49)(H,47,48)/t26-,27-,30+,31+/m1/s1.